The van der Waals surface area contributed by atoms with Crippen LogP contribution in [0.2, 0.25) is 0 Å². The van der Waals surface area contributed by atoms with Crippen molar-refractivity contribution in [2.75, 3.05) is 6.61 Å². The Bertz CT molecular complexity index is 490. The van der Waals surface area contributed by atoms with Crippen molar-refractivity contribution in [3.05, 3.63) is 34.4 Å². The van der Waals surface area contributed by atoms with E-state index in [1.165, 1.54) is 0 Å². The number of benzene rings is 1. The van der Waals surface area contributed by atoms with Crippen LogP contribution < -0.4 is 0 Å². The zero-order chi connectivity index (χ0) is 15.7. The first kappa shape index (κ1) is 16.7. The second-order valence-corrected chi connectivity index (χ2v) is 6.19. The Morgan fingerprint density at radius 3 is 2.00 bits per heavy atom. The van der Waals surface area contributed by atoms with E-state index in [4.69, 9.17) is 4.74 Å². The summed E-state index contributed by atoms with van der Waals surface area (Å²) >= 11 is 0. The first-order valence-corrected chi connectivity index (χ1v) is 7.03. The highest BCUT2D eigenvalue weighted by molar-refractivity contribution is 5.78. The number of rotatable bonds is 4. The standard InChI is InChI=1S/C17H26O3/c1-8-20-15(18)16(5,6)17(7,19)14-12(3)9-11(2)10-13(14)4/h9-10,19H,8H2,1-7H3. The molecule has 0 amide bonds. The Balaban J connectivity index is 3.39. The predicted octanol–water partition coefficient (Wildman–Crippen LogP) is 3.41. The van der Waals surface area contributed by atoms with Gasteiger partial charge in [0.05, 0.1) is 12.0 Å². The number of aryl methyl sites for hydroxylation is 3. The van der Waals surface area contributed by atoms with Gasteiger partial charge in [0.2, 0.25) is 0 Å². The van der Waals surface area contributed by atoms with Gasteiger partial charge in [0.15, 0.2) is 0 Å². The molecule has 20 heavy (non-hydrogen) atoms. The lowest BCUT2D eigenvalue weighted by molar-refractivity contribution is -0.170. The molecule has 0 radical (unpaired) electrons. The maximum atomic E-state index is 12.2. The van der Waals surface area contributed by atoms with Crippen LogP contribution in [0, 0.1) is 26.2 Å². The van der Waals surface area contributed by atoms with Crippen molar-refractivity contribution in [1.29, 1.82) is 0 Å². The number of carbonyl (C=O) groups is 1. The summed E-state index contributed by atoms with van der Waals surface area (Å²) in [7, 11) is 0. The van der Waals surface area contributed by atoms with Crippen LogP contribution in [0.1, 0.15) is 49.9 Å². The number of esters is 1. The summed E-state index contributed by atoms with van der Waals surface area (Å²) in [6.07, 6.45) is 0. The fourth-order valence-corrected chi connectivity index (χ4v) is 2.77. The highest BCUT2D eigenvalue weighted by Crippen LogP contribution is 2.43. The van der Waals surface area contributed by atoms with E-state index >= 15 is 0 Å². The summed E-state index contributed by atoms with van der Waals surface area (Å²) < 4.78 is 5.12. The smallest absolute Gasteiger partial charge is 0.314 e. The SMILES string of the molecule is CCOC(=O)C(C)(C)C(C)(O)c1c(C)cc(C)cc1C. The molecular weight excluding hydrogens is 252 g/mol. The van der Waals surface area contributed by atoms with Crippen LogP contribution in [0.3, 0.4) is 0 Å². The summed E-state index contributed by atoms with van der Waals surface area (Å²) in [5.41, 5.74) is 1.62. The first-order chi connectivity index (χ1) is 9.05. The minimum atomic E-state index is -1.29. The molecule has 0 saturated carbocycles. The van der Waals surface area contributed by atoms with Crippen molar-refractivity contribution in [2.24, 2.45) is 5.41 Å². The van der Waals surface area contributed by atoms with Crippen LogP contribution in [0.15, 0.2) is 12.1 Å². The van der Waals surface area contributed by atoms with Crippen LogP contribution >= 0.6 is 0 Å². The van der Waals surface area contributed by atoms with Gasteiger partial charge in [-0.15, -0.1) is 0 Å². The molecule has 112 valence electrons. The molecule has 0 saturated heterocycles. The molecule has 0 heterocycles. The minimum absolute atomic E-state index is 0.310. The van der Waals surface area contributed by atoms with E-state index in [1.54, 1.807) is 27.7 Å². The molecular formula is C17H26O3. The lowest BCUT2D eigenvalue weighted by atomic mass is 9.69. The third-order valence-electron chi connectivity index (χ3n) is 4.17. The van der Waals surface area contributed by atoms with Crippen molar-refractivity contribution >= 4 is 5.97 Å². The monoisotopic (exact) mass is 278 g/mol. The molecule has 0 aromatic heterocycles. The lowest BCUT2D eigenvalue weighted by Crippen LogP contribution is -2.46. The van der Waals surface area contributed by atoms with Crippen molar-refractivity contribution in [2.45, 2.75) is 54.1 Å². The Kier molecular flexibility index (Phi) is 4.65. The highest BCUT2D eigenvalue weighted by atomic mass is 16.5. The summed E-state index contributed by atoms with van der Waals surface area (Å²) in [5, 5.41) is 11.1. The summed E-state index contributed by atoms with van der Waals surface area (Å²) in [4.78, 5) is 12.2. The molecule has 0 spiro atoms. The number of hydrogen-bond acceptors (Lipinski definition) is 3. The van der Waals surface area contributed by atoms with Gasteiger partial charge < -0.3 is 9.84 Å². The molecule has 0 bridgehead atoms. The number of aliphatic hydroxyl groups is 1. The number of hydrogen-bond donors (Lipinski definition) is 1. The Morgan fingerprint density at radius 2 is 1.60 bits per heavy atom. The fraction of sp³-hybridized carbons (Fsp3) is 0.588. The molecule has 3 heteroatoms. The molecule has 1 atom stereocenters. The lowest BCUT2D eigenvalue weighted by Gasteiger charge is -2.40. The molecule has 1 unspecified atom stereocenters. The van der Waals surface area contributed by atoms with Gasteiger partial charge in [0, 0.05) is 0 Å². The van der Waals surface area contributed by atoms with E-state index in [-0.39, 0.29) is 5.97 Å². The van der Waals surface area contributed by atoms with Crippen LogP contribution in [-0.2, 0) is 15.1 Å². The van der Waals surface area contributed by atoms with Crippen LogP contribution in [0.25, 0.3) is 0 Å². The maximum absolute atomic E-state index is 12.2. The normalized spacial score (nSPS) is 14.8. The van der Waals surface area contributed by atoms with Gasteiger partial charge in [-0.25, -0.2) is 0 Å². The number of ether oxygens (including phenoxy) is 1. The zero-order valence-corrected chi connectivity index (χ0v) is 13.6. The summed E-state index contributed by atoms with van der Waals surface area (Å²) in [6.45, 7) is 13.2. The molecule has 0 aliphatic carbocycles. The Hall–Kier alpha value is -1.35. The average molecular weight is 278 g/mol. The van der Waals surface area contributed by atoms with E-state index < -0.39 is 11.0 Å². The fourth-order valence-electron chi connectivity index (χ4n) is 2.77. The van der Waals surface area contributed by atoms with Gasteiger partial charge in [0.1, 0.15) is 5.60 Å². The first-order valence-electron chi connectivity index (χ1n) is 7.03. The van der Waals surface area contributed by atoms with Crippen LogP contribution in [-0.4, -0.2) is 17.7 Å². The Labute approximate surface area is 122 Å². The van der Waals surface area contributed by atoms with Gasteiger partial charge >= 0.3 is 5.97 Å². The third kappa shape index (κ3) is 2.73. The van der Waals surface area contributed by atoms with Gasteiger partial charge in [-0.1, -0.05) is 17.7 Å². The highest BCUT2D eigenvalue weighted by Gasteiger charge is 2.49. The van der Waals surface area contributed by atoms with E-state index in [2.05, 4.69) is 0 Å². The molecule has 1 aromatic carbocycles. The summed E-state index contributed by atoms with van der Waals surface area (Å²) in [5.74, 6) is -0.385. The second-order valence-electron chi connectivity index (χ2n) is 6.19. The Morgan fingerprint density at radius 1 is 1.15 bits per heavy atom. The second kappa shape index (κ2) is 5.57. The molecule has 0 fully saturated rings. The van der Waals surface area contributed by atoms with Gasteiger partial charge in [0.25, 0.3) is 0 Å². The molecule has 1 rings (SSSR count). The van der Waals surface area contributed by atoms with E-state index in [0.29, 0.717) is 6.61 Å². The van der Waals surface area contributed by atoms with Crippen molar-refractivity contribution < 1.29 is 14.6 Å². The summed E-state index contributed by atoms with van der Waals surface area (Å²) in [6, 6.07) is 4.05. The average Bonchev–Trinajstić information content (AvgIpc) is 2.26. The van der Waals surface area contributed by atoms with Crippen molar-refractivity contribution in [1.82, 2.24) is 0 Å². The molecule has 1 N–H and O–H groups in total. The largest absolute Gasteiger partial charge is 0.465 e. The minimum Gasteiger partial charge on any atom is -0.465 e. The van der Waals surface area contributed by atoms with Crippen molar-refractivity contribution in [3.8, 4) is 0 Å². The van der Waals surface area contributed by atoms with Gasteiger partial charge in [-0.05, 0) is 65.2 Å². The number of carbonyl (C=O) groups excluding carboxylic acids is 1. The van der Waals surface area contributed by atoms with E-state index in [0.717, 1.165) is 22.3 Å². The topological polar surface area (TPSA) is 46.5 Å². The molecule has 0 aliphatic rings. The molecule has 3 nitrogen and oxygen atoms in total. The van der Waals surface area contributed by atoms with E-state index in [1.807, 2.05) is 32.9 Å². The van der Waals surface area contributed by atoms with Crippen molar-refractivity contribution in [3.63, 3.8) is 0 Å². The third-order valence-corrected chi connectivity index (χ3v) is 4.17. The maximum Gasteiger partial charge on any atom is 0.314 e. The quantitative estimate of drug-likeness (QED) is 0.859. The van der Waals surface area contributed by atoms with E-state index in [9.17, 15) is 9.90 Å². The predicted molar refractivity (Wildman–Crippen MR) is 80.6 cm³/mol. The van der Waals surface area contributed by atoms with Gasteiger partial charge in [-0.2, -0.15) is 0 Å². The zero-order valence-electron chi connectivity index (χ0n) is 13.6. The van der Waals surface area contributed by atoms with Gasteiger partial charge in [-0.3, -0.25) is 4.79 Å². The molecule has 0 aliphatic heterocycles. The molecule has 1 aromatic rings. The van der Waals surface area contributed by atoms with Crippen LogP contribution in [0.4, 0.5) is 0 Å². The van der Waals surface area contributed by atoms with Crippen LogP contribution in [0.5, 0.6) is 0 Å².